The van der Waals surface area contributed by atoms with Crippen molar-refractivity contribution >= 4 is 16.8 Å². The average Bonchev–Trinajstić information content (AvgIpc) is 2.96. The maximum absolute atomic E-state index is 14.0. The van der Waals surface area contributed by atoms with Crippen LogP contribution in [0.5, 0.6) is 5.75 Å². The Balaban J connectivity index is 1.78. The Labute approximate surface area is 157 Å². The minimum atomic E-state index is -0.900. The molecule has 5 nitrogen and oxygen atoms in total. The van der Waals surface area contributed by atoms with Crippen LogP contribution in [-0.2, 0) is 11.2 Å². The van der Waals surface area contributed by atoms with Gasteiger partial charge in [0.2, 0.25) is 5.91 Å². The van der Waals surface area contributed by atoms with Crippen molar-refractivity contribution in [3.8, 4) is 5.75 Å². The van der Waals surface area contributed by atoms with Crippen LogP contribution >= 0.6 is 0 Å². The number of nitrogens with one attached hydrogen (secondary N) is 1. The molecule has 142 valence electrons. The number of carbonyl (C=O) groups is 1. The molecule has 6 heteroatoms. The average molecular weight is 370 g/mol. The molecule has 0 saturated heterocycles. The van der Waals surface area contributed by atoms with Gasteiger partial charge in [-0.25, -0.2) is 4.39 Å². The molecule has 3 rings (SSSR count). The van der Waals surface area contributed by atoms with Crippen LogP contribution in [0, 0.1) is 12.7 Å². The maximum Gasteiger partial charge on any atom is 0.227 e. The molecule has 0 aliphatic carbocycles. The number of amides is 1. The highest BCUT2D eigenvalue weighted by Crippen LogP contribution is 2.25. The molecule has 0 spiro atoms. The third-order valence-corrected chi connectivity index (χ3v) is 4.81. The number of aromatic amines is 1. The molecule has 1 aromatic heterocycles. The number of hydrogen-bond acceptors (Lipinski definition) is 3. The zero-order valence-corrected chi connectivity index (χ0v) is 15.4. The molecule has 0 aliphatic heterocycles. The molecule has 1 atom stereocenters. The number of nitrogens with zero attached hydrogens (tertiary/aromatic N) is 1. The number of aliphatic hydroxyl groups excluding tert-OH is 1. The number of fused-ring (bicyclic) bond motifs is 1. The van der Waals surface area contributed by atoms with Gasteiger partial charge in [-0.1, -0.05) is 24.3 Å². The minimum absolute atomic E-state index is 0.0670. The summed E-state index contributed by atoms with van der Waals surface area (Å²) in [6.07, 6.45) is -0.780. The summed E-state index contributed by atoms with van der Waals surface area (Å²) in [6, 6.07) is 11.2. The molecule has 1 amide bonds. The fourth-order valence-electron chi connectivity index (χ4n) is 3.31. The largest absolute Gasteiger partial charge is 0.508 e. The predicted molar refractivity (Wildman–Crippen MR) is 102 cm³/mol. The summed E-state index contributed by atoms with van der Waals surface area (Å²) in [5.74, 6) is -0.428. The van der Waals surface area contributed by atoms with Crippen molar-refractivity contribution in [1.29, 1.82) is 0 Å². The van der Waals surface area contributed by atoms with E-state index in [0.29, 0.717) is 23.0 Å². The highest BCUT2D eigenvalue weighted by atomic mass is 19.1. The summed E-state index contributed by atoms with van der Waals surface area (Å²) in [6.45, 7) is 4.22. The second-order valence-electron chi connectivity index (χ2n) is 6.61. The van der Waals surface area contributed by atoms with E-state index in [0.717, 1.165) is 11.3 Å². The molecule has 0 radical (unpaired) electrons. The van der Waals surface area contributed by atoms with Gasteiger partial charge in [-0.15, -0.1) is 0 Å². The SMILES string of the molecule is CCN(C[C@H](O)c1cccc(O)c1)C(=O)Cc1c(C)[nH]c2c(F)cccc12. The first-order valence-corrected chi connectivity index (χ1v) is 8.91. The van der Waals surface area contributed by atoms with Crippen LogP contribution in [0.4, 0.5) is 4.39 Å². The number of H-pyrrole nitrogens is 1. The number of rotatable bonds is 6. The van der Waals surface area contributed by atoms with E-state index >= 15 is 0 Å². The van der Waals surface area contributed by atoms with Crippen LogP contribution in [0.15, 0.2) is 42.5 Å². The second-order valence-corrected chi connectivity index (χ2v) is 6.61. The molecule has 0 unspecified atom stereocenters. The third kappa shape index (κ3) is 3.95. The van der Waals surface area contributed by atoms with Crippen molar-refractivity contribution in [3.05, 3.63) is 65.1 Å². The molecule has 1 heterocycles. The lowest BCUT2D eigenvalue weighted by molar-refractivity contribution is -0.131. The standard InChI is InChI=1S/C21H23FN2O3/c1-3-24(12-19(26)14-6-4-7-15(25)10-14)20(27)11-17-13(2)23-21-16(17)8-5-9-18(21)22/h4-10,19,23,25-26H,3,11-12H2,1-2H3/t19-/m0/s1. The number of likely N-dealkylation sites (N-methyl/N-ethyl adjacent to an activating group) is 1. The number of carbonyl (C=O) groups excluding carboxylic acids is 1. The number of phenolic OH excluding ortho intramolecular Hbond substituents is 1. The van der Waals surface area contributed by atoms with E-state index in [2.05, 4.69) is 4.98 Å². The molecule has 0 bridgehead atoms. The first-order chi connectivity index (χ1) is 12.9. The number of aromatic nitrogens is 1. The molecule has 0 fully saturated rings. The summed E-state index contributed by atoms with van der Waals surface area (Å²) in [5.41, 5.74) is 2.47. The van der Waals surface area contributed by atoms with Gasteiger partial charge in [-0.3, -0.25) is 4.79 Å². The van der Waals surface area contributed by atoms with Crippen LogP contribution in [0.25, 0.3) is 10.9 Å². The quantitative estimate of drug-likeness (QED) is 0.622. The smallest absolute Gasteiger partial charge is 0.227 e. The van der Waals surface area contributed by atoms with Crippen LogP contribution in [0.2, 0.25) is 0 Å². The van der Waals surface area contributed by atoms with Crippen molar-refractivity contribution in [2.24, 2.45) is 0 Å². The van der Waals surface area contributed by atoms with Gasteiger partial charge in [0.25, 0.3) is 0 Å². The number of aliphatic hydroxyl groups is 1. The van der Waals surface area contributed by atoms with Gasteiger partial charge in [-0.2, -0.15) is 0 Å². The van der Waals surface area contributed by atoms with Crippen molar-refractivity contribution < 1.29 is 19.4 Å². The van der Waals surface area contributed by atoms with Gasteiger partial charge in [0.15, 0.2) is 0 Å². The molecule has 27 heavy (non-hydrogen) atoms. The number of hydrogen-bond donors (Lipinski definition) is 3. The van der Waals surface area contributed by atoms with Gasteiger partial charge in [0.1, 0.15) is 11.6 Å². The van der Waals surface area contributed by atoms with E-state index < -0.39 is 6.10 Å². The molecule has 2 aromatic carbocycles. The lowest BCUT2D eigenvalue weighted by Gasteiger charge is -2.24. The maximum atomic E-state index is 14.0. The number of halogens is 1. The van der Waals surface area contributed by atoms with Crippen molar-refractivity contribution in [2.45, 2.75) is 26.4 Å². The first-order valence-electron chi connectivity index (χ1n) is 8.91. The van der Waals surface area contributed by atoms with Crippen LogP contribution in [0.3, 0.4) is 0 Å². The number of aryl methyl sites for hydroxylation is 1. The van der Waals surface area contributed by atoms with Crippen LogP contribution in [0.1, 0.15) is 29.8 Å². The molecule has 3 aromatic rings. The Hall–Kier alpha value is -2.86. The molecule has 3 N–H and O–H groups in total. The van der Waals surface area contributed by atoms with Crippen molar-refractivity contribution in [3.63, 3.8) is 0 Å². The molecule has 0 saturated carbocycles. The Bertz CT molecular complexity index is 967. The number of phenols is 1. The zero-order chi connectivity index (χ0) is 19.6. The highest BCUT2D eigenvalue weighted by molar-refractivity contribution is 5.90. The zero-order valence-electron chi connectivity index (χ0n) is 15.4. The summed E-state index contributed by atoms with van der Waals surface area (Å²) >= 11 is 0. The predicted octanol–water partition coefficient (Wildman–Crippen LogP) is 3.45. The Morgan fingerprint density at radius 1 is 1.26 bits per heavy atom. The summed E-state index contributed by atoms with van der Waals surface area (Å²) in [5, 5.41) is 20.7. The number of benzene rings is 2. The van der Waals surface area contributed by atoms with Crippen LogP contribution < -0.4 is 0 Å². The molecule has 0 aliphatic rings. The monoisotopic (exact) mass is 370 g/mol. The molecular weight excluding hydrogens is 347 g/mol. The van der Waals surface area contributed by atoms with Crippen LogP contribution in [-0.4, -0.2) is 39.1 Å². The lowest BCUT2D eigenvalue weighted by atomic mass is 10.1. The Kier molecular flexibility index (Phi) is 5.46. The van der Waals surface area contributed by atoms with E-state index in [1.165, 1.54) is 18.2 Å². The third-order valence-electron chi connectivity index (χ3n) is 4.81. The number of para-hydroxylation sites is 1. The normalized spacial score (nSPS) is 12.3. The molecular formula is C21H23FN2O3. The Morgan fingerprint density at radius 3 is 2.70 bits per heavy atom. The van der Waals surface area contributed by atoms with E-state index in [1.54, 1.807) is 29.2 Å². The summed E-state index contributed by atoms with van der Waals surface area (Å²) < 4.78 is 14.0. The van der Waals surface area contributed by atoms with Gasteiger partial charge in [0, 0.05) is 17.6 Å². The Morgan fingerprint density at radius 2 is 2.00 bits per heavy atom. The van der Waals surface area contributed by atoms with Gasteiger partial charge >= 0.3 is 0 Å². The first kappa shape index (κ1) is 18.9. The van der Waals surface area contributed by atoms with Gasteiger partial charge in [0.05, 0.1) is 24.6 Å². The van der Waals surface area contributed by atoms with Gasteiger partial charge < -0.3 is 20.1 Å². The minimum Gasteiger partial charge on any atom is -0.508 e. The highest BCUT2D eigenvalue weighted by Gasteiger charge is 2.21. The number of aromatic hydroxyl groups is 1. The fraction of sp³-hybridized carbons (Fsp3) is 0.286. The van der Waals surface area contributed by atoms with Crippen molar-refractivity contribution in [1.82, 2.24) is 9.88 Å². The summed E-state index contributed by atoms with van der Waals surface area (Å²) in [7, 11) is 0. The van der Waals surface area contributed by atoms with E-state index in [-0.39, 0.29) is 30.4 Å². The topological polar surface area (TPSA) is 76.6 Å². The van der Waals surface area contributed by atoms with Gasteiger partial charge in [-0.05, 0) is 43.2 Å². The van der Waals surface area contributed by atoms with E-state index in [1.807, 2.05) is 13.8 Å². The van der Waals surface area contributed by atoms with E-state index in [4.69, 9.17) is 0 Å². The van der Waals surface area contributed by atoms with E-state index in [9.17, 15) is 19.4 Å². The second kappa shape index (κ2) is 7.80. The fourth-order valence-corrected chi connectivity index (χ4v) is 3.31. The van der Waals surface area contributed by atoms with Crippen molar-refractivity contribution in [2.75, 3.05) is 13.1 Å². The summed E-state index contributed by atoms with van der Waals surface area (Å²) in [4.78, 5) is 17.4. The lowest BCUT2D eigenvalue weighted by Crippen LogP contribution is -2.35.